The van der Waals surface area contributed by atoms with E-state index in [1.54, 1.807) is 31.2 Å². The van der Waals surface area contributed by atoms with Crippen molar-refractivity contribution in [3.63, 3.8) is 0 Å². The van der Waals surface area contributed by atoms with Crippen LogP contribution in [-0.4, -0.2) is 26.0 Å². The summed E-state index contributed by atoms with van der Waals surface area (Å²) < 4.78 is 27.0. The molecule has 2 rings (SSSR count). The maximum atomic E-state index is 12.2. The number of aliphatic carboxylic acids is 1. The minimum atomic E-state index is -3.57. The molecule has 1 aliphatic rings. The van der Waals surface area contributed by atoms with Crippen LogP contribution < -0.4 is 4.72 Å². The van der Waals surface area contributed by atoms with E-state index in [0.717, 1.165) is 12.8 Å². The summed E-state index contributed by atoms with van der Waals surface area (Å²) in [5.74, 6) is -1.39. The highest BCUT2D eigenvalue weighted by Gasteiger charge is 2.33. The summed E-state index contributed by atoms with van der Waals surface area (Å²) in [7, 11) is -3.57. The standard InChI is InChI=1S/C14H19NO4S/c1-10-5-2-3-8-13(10)20(18,19)15-9-11-6-4-7-12(11)14(16)17/h2-3,5,8,11-12,15H,4,6-7,9H2,1H3,(H,16,17). The average molecular weight is 297 g/mol. The van der Waals surface area contributed by atoms with Crippen molar-refractivity contribution in [2.75, 3.05) is 6.54 Å². The Morgan fingerprint density at radius 1 is 1.35 bits per heavy atom. The minimum Gasteiger partial charge on any atom is -0.481 e. The predicted octanol–water partition coefficient (Wildman–Crippen LogP) is 1.77. The monoisotopic (exact) mass is 297 g/mol. The first-order chi connectivity index (χ1) is 9.42. The van der Waals surface area contributed by atoms with E-state index in [2.05, 4.69) is 4.72 Å². The number of nitrogens with one attached hydrogen (secondary N) is 1. The largest absolute Gasteiger partial charge is 0.481 e. The smallest absolute Gasteiger partial charge is 0.306 e. The molecule has 0 aliphatic heterocycles. The van der Waals surface area contributed by atoms with E-state index in [4.69, 9.17) is 5.11 Å². The van der Waals surface area contributed by atoms with Crippen LogP contribution in [0.1, 0.15) is 24.8 Å². The van der Waals surface area contributed by atoms with E-state index < -0.39 is 21.9 Å². The van der Waals surface area contributed by atoms with Crippen molar-refractivity contribution >= 4 is 16.0 Å². The van der Waals surface area contributed by atoms with Crippen molar-refractivity contribution in [1.29, 1.82) is 0 Å². The van der Waals surface area contributed by atoms with Crippen LogP contribution in [0.4, 0.5) is 0 Å². The summed E-state index contributed by atoms with van der Waals surface area (Å²) in [6.45, 7) is 1.93. The predicted molar refractivity (Wildman–Crippen MR) is 74.8 cm³/mol. The molecule has 110 valence electrons. The van der Waals surface area contributed by atoms with Gasteiger partial charge in [-0.3, -0.25) is 4.79 Å². The Morgan fingerprint density at radius 3 is 2.70 bits per heavy atom. The lowest BCUT2D eigenvalue weighted by molar-refractivity contribution is -0.142. The van der Waals surface area contributed by atoms with Crippen molar-refractivity contribution in [2.45, 2.75) is 31.1 Å². The number of hydrogen-bond donors (Lipinski definition) is 2. The molecule has 20 heavy (non-hydrogen) atoms. The van der Waals surface area contributed by atoms with Crippen LogP contribution in [0.5, 0.6) is 0 Å². The molecule has 1 aliphatic carbocycles. The molecule has 2 N–H and O–H groups in total. The number of rotatable bonds is 5. The van der Waals surface area contributed by atoms with E-state index >= 15 is 0 Å². The lowest BCUT2D eigenvalue weighted by Crippen LogP contribution is -2.33. The van der Waals surface area contributed by atoms with Gasteiger partial charge in [0, 0.05) is 6.54 Å². The Labute approximate surface area is 119 Å². The molecule has 2 unspecified atom stereocenters. The van der Waals surface area contributed by atoms with E-state index in [-0.39, 0.29) is 17.4 Å². The molecule has 0 aromatic heterocycles. The second-order valence-electron chi connectivity index (χ2n) is 5.25. The Morgan fingerprint density at radius 2 is 2.05 bits per heavy atom. The van der Waals surface area contributed by atoms with Gasteiger partial charge in [-0.1, -0.05) is 24.6 Å². The number of carboxylic acid groups (broad SMARTS) is 1. The van der Waals surface area contributed by atoms with E-state index in [0.29, 0.717) is 12.0 Å². The normalized spacial score (nSPS) is 22.9. The highest BCUT2D eigenvalue weighted by Crippen LogP contribution is 2.31. The quantitative estimate of drug-likeness (QED) is 0.867. The average Bonchev–Trinajstić information content (AvgIpc) is 2.85. The Hall–Kier alpha value is -1.40. The van der Waals surface area contributed by atoms with Crippen LogP contribution in [0.2, 0.25) is 0 Å². The second-order valence-corrected chi connectivity index (χ2v) is 6.99. The van der Waals surface area contributed by atoms with Crippen molar-refractivity contribution < 1.29 is 18.3 Å². The summed E-state index contributed by atoms with van der Waals surface area (Å²) in [6.07, 6.45) is 2.23. The van der Waals surface area contributed by atoms with Crippen molar-refractivity contribution in [1.82, 2.24) is 4.72 Å². The van der Waals surface area contributed by atoms with Gasteiger partial charge in [-0.25, -0.2) is 13.1 Å². The molecule has 0 bridgehead atoms. The van der Waals surface area contributed by atoms with Crippen LogP contribution in [0.25, 0.3) is 0 Å². The fourth-order valence-electron chi connectivity index (χ4n) is 2.76. The zero-order valence-electron chi connectivity index (χ0n) is 11.4. The van der Waals surface area contributed by atoms with Gasteiger partial charge in [0.2, 0.25) is 10.0 Å². The molecule has 0 heterocycles. The third-order valence-corrected chi connectivity index (χ3v) is 5.48. The molecule has 1 saturated carbocycles. The first-order valence-electron chi connectivity index (χ1n) is 6.70. The minimum absolute atomic E-state index is 0.119. The van der Waals surface area contributed by atoms with Crippen LogP contribution in [0, 0.1) is 18.8 Å². The molecule has 0 spiro atoms. The first kappa shape index (κ1) is 15.0. The summed E-state index contributed by atoms with van der Waals surface area (Å²) in [6, 6.07) is 6.76. The Kier molecular flexibility index (Phi) is 4.45. The van der Waals surface area contributed by atoms with Gasteiger partial charge in [-0.2, -0.15) is 0 Å². The SMILES string of the molecule is Cc1ccccc1S(=O)(=O)NCC1CCCC1C(=O)O. The van der Waals surface area contributed by atoms with E-state index in [1.807, 2.05) is 0 Å². The third-order valence-electron chi connectivity index (χ3n) is 3.89. The van der Waals surface area contributed by atoms with Crippen LogP contribution >= 0.6 is 0 Å². The fraction of sp³-hybridized carbons (Fsp3) is 0.500. The lowest BCUT2D eigenvalue weighted by Gasteiger charge is -2.17. The van der Waals surface area contributed by atoms with Crippen molar-refractivity contribution in [3.8, 4) is 0 Å². The lowest BCUT2D eigenvalue weighted by atomic mass is 9.97. The molecule has 1 aromatic rings. The van der Waals surface area contributed by atoms with Gasteiger partial charge in [0.05, 0.1) is 10.8 Å². The van der Waals surface area contributed by atoms with Crippen LogP contribution in [0.3, 0.4) is 0 Å². The summed E-state index contributed by atoms with van der Waals surface area (Å²) in [5, 5.41) is 9.10. The number of carboxylic acids is 1. The van der Waals surface area contributed by atoms with Crippen molar-refractivity contribution in [2.24, 2.45) is 11.8 Å². The molecular weight excluding hydrogens is 278 g/mol. The zero-order chi connectivity index (χ0) is 14.8. The van der Waals surface area contributed by atoms with E-state index in [9.17, 15) is 13.2 Å². The number of hydrogen-bond acceptors (Lipinski definition) is 3. The van der Waals surface area contributed by atoms with E-state index in [1.165, 1.54) is 0 Å². The molecule has 0 saturated heterocycles. The number of sulfonamides is 1. The summed E-state index contributed by atoms with van der Waals surface area (Å²) in [4.78, 5) is 11.3. The molecule has 5 nitrogen and oxygen atoms in total. The highest BCUT2D eigenvalue weighted by molar-refractivity contribution is 7.89. The molecule has 1 aromatic carbocycles. The summed E-state index contributed by atoms with van der Waals surface area (Å²) >= 11 is 0. The molecule has 1 fully saturated rings. The molecule has 6 heteroatoms. The highest BCUT2D eigenvalue weighted by atomic mass is 32.2. The van der Waals surface area contributed by atoms with Crippen LogP contribution in [0.15, 0.2) is 29.2 Å². The number of carbonyl (C=O) groups is 1. The van der Waals surface area contributed by atoms with Gasteiger partial charge in [-0.05, 0) is 37.3 Å². The molecular formula is C14H19NO4S. The van der Waals surface area contributed by atoms with Gasteiger partial charge < -0.3 is 5.11 Å². The number of aryl methyl sites for hydroxylation is 1. The van der Waals surface area contributed by atoms with Gasteiger partial charge in [0.25, 0.3) is 0 Å². The van der Waals surface area contributed by atoms with Crippen molar-refractivity contribution in [3.05, 3.63) is 29.8 Å². The maximum absolute atomic E-state index is 12.2. The van der Waals surface area contributed by atoms with Crippen LogP contribution in [-0.2, 0) is 14.8 Å². The van der Waals surface area contributed by atoms with Gasteiger partial charge in [0.15, 0.2) is 0 Å². The topological polar surface area (TPSA) is 83.5 Å². The molecule has 0 amide bonds. The third kappa shape index (κ3) is 3.19. The number of benzene rings is 1. The maximum Gasteiger partial charge on any atom is 0.306 e. The Balaban J connectivity index is 2.07. The molecule has 2 atom stereocenters. The Bertz CT molecular complexity index is 597. The fourth-order valence-corrected chi connectivity index (χ4v) is 4.10. The van der Waals surface area contributed by atoms with Gasteiger partial charge in [-0.15, -0.1) is 0 Å². The second kappa shape index (κ2) is 5.93. The first-order valence-corrected chi connectivity index (χ1v) is 8.18. The summed E-state index contributed by atoms with van der Waals surface area (Å²) in [5.41, 5.74) is 0.682. The van der Waals surface area contributed by atoms with Gasteiger partial charge in [0.1, 0.15) is 0 Å². The molecule has 0 radical (unpaired) electrons. The van der Waals surface area contributed by atoms with Gasteiger partial charge >= 0.3 is 5.97 Å². The zero-order valence-corrected chi connectivity index (χ0v) is 12.2.